The summed E-state index contributed by atoms with van der Waals surface area (Å²) in [4.78, 5) is 4.66. The first kappa shape index (κ1) is 15.5. The van der Waals surface area contributed by atoms with E-state index in [2.05, 4.69) is 34.9 Å². The zero-order valence-electron chi connectivity index (χ0n) is 13.1. The van der Waals surface area contributed by atoms with Crippen molar-refractivity contribution < 1.29 is 0 Å². The molecule has 1 aromatic rings. The van der Waals surface area contributed by atoms with Crippen LogP contribution in [-0.4, -0.2) is 41.5 Å². The van der Waals surface area contributed by atoms with E-state index < -0.39 is 0 Å². The minimum Gasteiger partial charge on any atom is -0.297 e. The molecule has 0 atom stereocenters. The van der Waals surface area contributed by atoms with Crippen molar-refractivity contribution in [3.63, 3.8) is 0 Å². The first-order chi connectivity index (χ1) is 9.96. The Morgan fingerprint density at radius 1 is 1.14 bits per heavy atom. The summed E-state index contributed by atoms with van der Waals surface area (Å²) in [6.07, 6.45) is 0. The Hall–Kier alpha value is -1.88. The molecule has 1 aliphatic rings. The van der Waals surface area contributed by atoms with Gasteiger partial charge in [-0.25, -0.2) is 0 Å². The van der Waals surface area contributed by atoms with E-state index in [0.717, 1.165) is 38.3 Å². The predicted octanol–water partition coefficient (Wildman–Crippen LogP) is 2.29. The summed E-state index contributed by atoms with van der Waals surface area (Å²) in [7, 11) is 0. The predicted molar refractivity (Wildman–Crippen MR) is 82.4 cm³/mol. The molecule has 110 valence electrons. The first-order valence-electron chi connectivity index (χ1n) is 7.34. The molecule has 4 heteroatoms. The van der Waals surface area contributed by atoms with Crippen LogP contribution in [0, 0.1) is 29.6 Å². The molecule has 0 aliphatic carbocycles. The van der Waals surface area contributed by atoms with Crippen LogP contribution in [0.15, 0.2) is 18.2 Å². The van der Waals surface area contributed by atoms with E-state index in [1.54, 1.807) is 0 Å². The summed E-state index contributed by atoms with van der Waals surface area (Å²) in [6, 6.07) is 10.4. The highest BCUT2D eigenvalue weighted by molar-refractivity contribution is 5.37. The smallest absolute Gasteiger partial charge is 0.103 e. The van der Waals surface area contributed by atoms with Crippen LogP contribution in [0.1, 0.15) is 30.5 Å². The standard InChI is InChI=1S/C17H22N4/c1-14-10-15(11-18)4-5-16(14)12-20-6-8-21(9-7-20)17(2,3)13-19/h4-5,10H,6-9,12H2,1-3H3. The third-order valence-corrected chi connectivity index (χ3v) is 4.30. The van der Waals surface area contributed by atoms with Crippen molar-refractivity contribution in [3.05, 3.63) is 34.9 Å². The molecule has 1 aliphatic heterocycles. The van der Waals surface area contributed by atoms with Gasteiger partial charge in [-0.3, -0.25) is 9.80 Å². The molecule has 0 radical (unpaired) electrons. The summed E-state index contributed by atoms with van der Waals surface area (Å²) >= 11 is 0. The second kappa shape index (κ2) is 6.26. The van der Waals surface area contributed by atoms with Gasteiger partial charge < -0.3 is 0 Å². The van der Waals surface area contributed by atoms with Crippen molar-refractivity contribution >= 4 is 0 Å². The van der Waals surface area contributed by atoms with E-state index in [-0.39, 0.29) is 5.54 Å². The number of benzene rings is 1. The number of nitrogens with zero attached hydrogens (tertiary/aromatic N) is 4. The lowest BCUT2D eigenvalue weighted by atomic mass is 10.0. The largest absolute Gasteiger partial charge is 0.297 e. The van der Waals surface area contributed by atoms with Crippen molar-refractivity contribution in [2.24, 2.45) is 0 Å². The maximum absolute atomic E-state index is 9.20. The normalized spacial score (nSPS) is 17.2. The van der Waals surface area contributed by atoms with Crippen LogP contribution in [0.25, 0.3) is 0 Å². The maximum atomic E-state index is 9.20. The van der Waals surface area contributed by atoms with E-state index in [1.807, 2.05) is 26.0 Å². The highest BCUT2D eigenvalue weighted by atomic mass is 15.3. The fraction of sp³-hybridized carbons (Fsp3) is 0.529. The van der Waals surface area contributed by atoms with Gasteiger partial charge in [0.1, 0.15) is 5.54 Å². The molecule has 1 fully saturated rings. The molecule has 1 aromatic carbocycles. The van der Waals surface area contributed by atoms with Gasteiger partial charge in [-0.15, -0.1) is 0 Å². The van der Waals surface area contributed by atoms with Crippen LogP contribution in [0.2, 0.25) is 0 Å². The summed E-state index contributed by atoms with van der Waals surface area (Å²) in [5, 5.41) is 18.1. The highest BCUT2D eigenvalue weighted by Gasteiger charge is 2.29. The van der Waals surface area contributed by atoms with Gasteiger partial charge >= 0.3 is 0 Å². The average Bonchev–Trinajstić information content (AvgIpc) is 2.50. The molecule has 0 aromatic heterocycles. The van der Waals surface area contributed by atoms with E-state index in [9.17, 15) is 5.26 Å². The second-order valence-electron chi connectivity index (χ2n) is 6.19. The zero-order valence-corrected chi connectivity index (χ0v) is 13.1. The number of nitriles is 2. The van der Waals surface area contributed by atoms with E-state index >= 15 is 0 Å². The summed E-state index contributed by atoms with van der Waals surface area (Å²) < 4.78 is 0. The maximum Gasteiger partial charge on any atom is 0.103 e. The molecule has 1 saturated heterocycles. The molecule has 0 unspecified atom stereocenters. The minimum atomic E-state index is -0.379. The molecule has 1 heterocycles. The van der Waals surface area contributed by atoms with Crippen molar-refractivity contribution in [2.75, 3.05) is 26.2 Å². The van der Waals surface area contributed by atoms with Gasteiger partial charge in [-0.2, -0.15) is 10.5 Å². The lowest BCUT2D eigenvalue weighted by Crippen LogP contribution is -2.53. The van der Waals surface area contributed by atoms with Crippen molar-refractivity contribution in [3.8, 4) is 12.1 Å². The number of hydrogen-bond acceptors (Lipinski definition) is 4. The van der Waals surface area contributed by atoms with Crippen molar-refractivity contribution in [2.45, 2.75) is 32.9 Å². The lowest BCUT2D eigenvalue weighted by molar-refractivity contribution is 0.0763. The fourth-order valence-electron chi connectivity index (χ4n) is 2.72. The Morgan fingerprint density at radius 2 is 1.81 bits per heavy atom. The molecule has 0 spiro atoms. The van der Waals surface area contributed by atoms with Crippen LogP contribution in [0.3, 0.4) is 0 Å². The highest BCUT2D eigenvalue weighted by Crippen LogP contribution is 2.18. The van der Waals surface area contributed by atoms with E-state index in [0.29, 0.717) is 0 Å². The number of hydrogen-bond donors (Lipinski definition) is 0. The number of piperazine rings is 1. The summed E-state index contributed by atoms with van der Waals surface area (Å²) in [5.41, 5.74) is 2.80. The third kappa shape index (κ3) is 3.61. The van der Waals surface area contributed by atoms with Gasteiger partial charge in [0.2, 0.25) is 0 Å². The molecule has 21 heavy (non-hydrogen) atoms. The SMILES string of the molecule is Cc1cc(C#N)ccc1CN1CCN(C(C)(C)C#N)CC1. The van der Waals surface area contributed by atoms with E-state index in [1.165, 1.54) is 11.1 Å². The Balaban J connectivity index is 1.96. The summed E-state index contributed by atoms with van der Waals surface area (Å²) in [6.45, 7) is 10.7. The van der Waals surface area contributed by atoms with Gasteiger partial charge in [0.25, 0.3) is 0 Å². The Morgan fingerprint density at radius 3 is 2.33 bits per heavy atom. The van der Waals surface area contributed by atoms with Crippen LogP contribution < -0.4 is 0 Å². The lowest BCUT2D eigenvalue weighted by Gasteiger charge is -2.40. The van der Waals surface area contributed by atoms with Gasteiger partial charge in [0, 0.05) is 32.7 Å². The molecule has 0 saturated carbocycles. The van der Waals surface area contributed by atoms with Crippen LogP contribution >= 0.6 is 0 Å². The van der Waals surface area contributed by atoms with Crippen LogP contribution in [0.4, 0.5) is 0 Å². The van der Waals surface area contributed by atoms with Gasteiger partial charge in [0.15, 0.2) is 0 Å². The summed E-state index contributed by atoms with van der Waals surface area (Å²) in [5.74, 6) is 0. The molecule has 0 amide bonds. The van der Waals surface area contributed by atoms with Crippen LogP contribution in [0.5, 0.6) is 0 Å². The van der Waals surface area contributed by atoms with Gasteiger partial charge in [-0.1, -0.05) is 6.07 Å². The van der Waals surface area contributed by atoms with Crippen LogP contribution in [-0.2, 0) is 6.54 Å². The third-order valence-electron chi connectivity index (χ3n) is 4.30. The monoisotopic (exact) mass is 282 g/mol. The topological polar surface area (TPSA) is 54.1 Å². The number of rotatable bonds is 3. The molecular weight excluding hydrogens is 260 g/mol. The molecular formula is C17H22N4. The molecule has 0 N–H and O–H groups in total. The minimum absolute atomic E-state index is 0.379. The number of aryl methyl sites for hydroxylation is 1. The Labute approximate surface area is 127 Å². The molecule has 2 rings (SSSR count). The Kier molecular flexibility index (Phi) is 4.63. The Bertz CT molecular complexity index is 584. The van der Waals surface area contributed by atoms with Crippen molar-refractivity contribution in [1.82, 2.24) is 9.80 Å². The van der Waals surface area contributed by atoms with Gasteiger partial charge in [-0.05, 0) is 44.0 Å². The second-order valence-corrected chi connectivity index (χ2v) is 6.19. The fourth-order valence-corrected chi connectivity index (χ4v) is 2.72. The van der Waals surface area contributed by atoms with E-state index in [4.69, 9.17) is 5.26 Å². The quantitative estimate of drug-likeness (QED) is 0.853. The average molecular weight is 282 g/mol. The van der Waals surface area contributed by atoms with Gasteiger partial charge in [0.05, 0.1) is 17.7 Å². The first-order valence-corrected chi connectivity index (χ1v) is 7.34. The molecule has 4 nitrogen and oxygen atoms in total. The molecule has 0 bridgehead atoms. The zero-order chi connectivity index (χ0) is 15.5. The van der Waals surface area contributed by atoms with Crippen molar-refractivity contribution in [1.29, 1.82) is 10.5 Å².